The maximum atomic E-state index is 9.77. The van der Waals surface area contributed by atoms with Gasteiger partial charge < -0.3 is 14.4 Å². The maximum Gasteiger partial charge on any atom is 0.0952 e. The van der Waals surface area contributed by atoms with Gasteiger partial charge in [-0.25, -0.2) is 4.98 Å². The molecule has 1 N–H and O–H groups in total. The number of aliphatic hydroxyl groups is 1. The van der Waals surface area contributed by atoms with Gasteiger partial charge in [-0.2, -0.15) is 0 Å². The van der Waals surface area contributed by atoms with Crippen LogP contribution in [0.1, 0.15) is 58.3 Å². The zero-order chi connectivity index (χ0) is 14.5. The monoisotopic (exact) mass is 282 g/mol. The van der Waals surface area contributed by atoms with E-state index in [1.165, 1.54) is 44.9 Å². The van der Waals surface area contributed by atoms with Gasteiger partial charge in [0.2, 0.25) is 0 Å². The van der Waals surface area contributed by atoms with Crippen molar-refractivity contribution in [3.8, 4) is 0 Å². The molecule has 1 unspecified atom stereocenters. The highest BCUT2D eigenvalue weighted by atomic mass is 16.5. The van der Waals surface area contributed by atoms with Gasteiger partial charge in [-0.3, -0.25) is 0 Å². The average molecular weight is 282 g/mol. The Balaban J connectivity index is 1.82. The molecule has 0 aromatic carbocycles. The van der Waals surface area contributed by atoms with Gasteiger partial charge in [0.15, 0.2) is 0 Å². The largest absolute Gasteiger partial charge is 0.389 e. The second kappa shape index (κ2) is 11.9. The zero-order valence-corrected chi connectivity index (χ0v) is 12.8. The Morgan fingerprint density at radius 2 is 1.80 bits per heavy atom. The summed E-state index contributed by atoms with van der Waals surface area (Å²) in [7, 11) is 0. The summed E-state index contributed by atoms with van der Waals surface area (Å²) in [6, 6.07) is 0. The Labute approximate surface area is 123 Å². The summed E-state index contributed by atoms with van der Waals surface area (Å²) in [4.78, 5) is 3.94. The highest BCUT2D eigenvalue weighted by molar-refractivity contribution is 4.75. The molecule has 116 valence electrons. The molecule has 0 aliphatic heterocycles. The third-order valence-corrected chi connectivity index (χ3v) is 3.43. The van der Waals surface area contributed by atoms with Gasteiger partial charge in [-0.15, -0.1) is 0 Å². The summed E-state index contributed by atoms with van der Waals surface area (Å²) in [5.41, 5.74) is 0. The van der Waals surface area contributed by atoms with E-state index >= 15 is 0 Å². The number of aliphatic hydroxyl groups excluding tert-OH is 1. The van der Waals surface area contributed by atoms with Crippen molar-refractivity contribution in [1.29, 1.82) is 0 Å². The Morgan fingerprint density at radius 1 is 1.10 bits per heavy atom. The summed E-state index contributed by atoms with van der Waals surface area (Å²) in [6.45, 7) is 3.97. The van der Waals surface area contributed by atoms with E-state index in [4.69, 9.17) is 4.74 Å². The molecule has 0 fully saturated rings. The van der Waals surface area contributed by atoms with Crippen LogP contribution in [0.4, 0.5) is 0 Å². The van der Waals surface area contributed by atoms with E-state index in [2.05, 4.69) is 11.9 Å². The number of unbranched alkanes of at least 4 members (excludes halogenated alkanes) is 7. The lowest BCUT2D eigenvalue weighted by molar-refractivity contribution is 0.0266. The van der Waals surface area contributed by atoms with E-state index in [0.717, 1.165) is 13.0 Å². The molecule has 0 saturated heterocycles. The van der Waals surface area contributed by atoms with E-state index in [1.54, 1.807) is 12.5 Å². The first-order chi connectivity index (χ1) is 9.83. The number of ether oxygens (including phenoxy) is 1. The van der Waals surface area contributed by atoms with Crippen LogP contribution in [0.3, 0.4) is 0 Å². The first kappa shape index (κ1) is 17.2. The van der Waals surface area contributed by atoms with E-state index in [-0.39, 0.29) is 0 Å². The van der Waals surface area contributed by atoms with E-state index in [1.807, 2.05) is 10.8 Å². The van der Waals surface area contributed by atoms with Crippen molar-refractivity contribution in [2.45, 2.75) is 70.9 Å². The van der Waals surface area contributed by atoms with Crippen LogP contribution in [0.25, 0.3) is 0 Å². The predicted molar refractivity (Wildman–Crippen MR) is 81.7 cm³/mol. The van der Waals surface area contributed by atoms with Gasteiger partial charge in [-0.05, 0) is 6.42 Å². The van der Waals surface area contributed by atoms with Crippen LogP contribution >= 0.6 is 0 Å². The van der Waals surface area contributed by atoms with Crippen molar-refractivity contribution < 1.29 is 9.84 Å². The van der Waals surface area contributed by atoms with Gasteiger partial charge in [0, 0.05) is 19.0 Å². The lowest BCUT2D eigenvalue weighted by Crippen LogP contribution is -2.21. The van der Waals surface area contributed by atoms with Crippen LogP contribution in [0.2, 0.25) is 0 Å². The number of nitrogens with zero attached hydrogens (tertiary/aromatic N) is 2. The Kier molecular flexibility index (Phi) is 10.2. The van der Waals surface area contributed by atoms with Crippen molar-refractivity contribution >= 4 is 0 Å². The van der Waals surface area contributed by atoms with Crippen molar-refractivity contribution in [1.82, 2.24) is 9.55 Å². The smallest absolute Gasteiger partial charge is 0.0952 e. The summed E-state index contributed by atoms with van der Waals surface area (Å²) >= 11 is 0. The molecule has 0 aliphatic carbocycles. The van der Waals surface area contributed by atoms with E-state index in [9.17, 15) is 5.11 Å². The first-order valence-corrected chi connectivity index (χ1v) is 8.04. The lowest BCUT2D eigenvalue weighted by atomic mass is 10.1. The van der Waals surface area contributed by atoms with E-state index in [0.29, 0.717) is 13.2 Å². The normalized spacial score (nSPS) is 12.7. The van der Waals surface area contributed by atoms with Gasteiger partial charge in [0.1, 0.15) is 0 Å². The van der Waals surface area contributed by atoms with Gasteiger partial charge in [0.25, 0.3) is 0 Å². The molecular weight excluding hydrogens is 252 g/mol. The minimum Gasteiger partial charge on any atom is -0.389 e. The maximum absolute atomic E-state index is 9.77. The van der Waals surface area contributed by atoms with Crippen molar-refractivity contribution in [3.63, 3.8) is 0 Å². The molecule has 1 rings (SSSR count). The molecule has 0 bridgehead atoms. The fraction of sp³-hybridized carbons (Fsp3) is 0.812. The molecule has 4 heteroatoms. The third-order valence-electron chi connectivity index (χ3n) is 3.43. The molecule has 0 radical (unpaired) electrons. The fourth-order valence-corrected chi connectivity index (χ4v) is 2.25. The predicted octanol–water partition coefficient (Wildman–Crippen LogP) is 3.40. The summed E-state index contributed by atoms with van der Waals surface area (Å²) in [6.07, 6.45) is 15.3. The number of hydrogen-bond acceptors (Lipinski definition) is 3. The van der Waals surface area contributed by atoms with Crippen molar-refractivity contribution in [2.24, 2.45) is 0 Å². The molecule has 0 aliphatic rings. The highest BCUT2D eigenvalue weighted by Crippen LogP contribution is 2.08. The molecule has 1 aromatic rings. The molecule has 0 spiro atoms. The van der Waals surface area contributed by atoms with Crippen LogP contribution in [-0.2, 0) is 11.3 Å². The van der Waals surface area contributed by atoms with Crippen LogP contribution < -0.4 is 0 Å². The standard InChI is InChI=1S/C16H30N2O2/c1-2-3-4-5-6-7-8-9-12-20-14-16(19)13-18-11-10-17-15-18/h10-11,15-16,19H,2-9,12-14H2,1H3. The molecule has 1 atom stereocenters. The Hall–Kier alpha value is -0.870. The summed E-state index contributed by atoms with van der Waals surface area (Å²) in [5, 5.41) is 9.77. The second-order valence-corrected chi connectivity index (χ2v) is 5.46. The molecule has 4 nitrogen and oxygen atoms in total. The average Bonchev–Trinajstić information content (AvgIpc) is 2.93. The lowest BCUT2D eigenvalue weighted by Gasteiger charge is -2.11. The van der Waals surface area contributed by atoms with Crippen molar-refractivity contribution in [3.05, 3.63) is 18.7 Å². The molecule has 1 aromatic heterocycles. The molecular formula is C16H30N2O2. The minimum atomic E-state index is -0.446. The van der Waals surface area contributed by atoms with Crippen LogP contribution in [-0.4, -0.2) is 34.0 Å². The summed E-state index contributed by atoms with van der Waals surface area (Å²) < 4.78 is 7.37. The van der Waals surface area contributed by atoms with E-state index < -0.39 is 6.10 Å². The molecule has 1 heterocycles. The second-order valence-electron chi connectivity index (χ2n) is 5.46. The minimum absolute atomic E-state index is 0.411. The van der Waals surface area contributed by atoms with Crippen LogP contribution in [0.5, 0.6) is 0 Å². The van der Waals surface area contributed by atoms with Crippen LogP contribution in [0, 0.1) is 0 Å². The number of imidazole rings is 1. The molecule has 0 saturated carbocycles. The van der Waals surface area contributed by atoms with Crippen molar-refractivity contribution in [2.75, 3.05) is 13.2 Å². The molecule has 0 amide bonds. The topological polar surface area (TPSA) is 47.3 Å². The quantitative estimate of drug-likeness (QED) is 0.564. The van der Waals surface area contributed by atoms with Gasteiger partial charge in [0.05, 0.1) is 25.6 Å². The fourth-order valence-electron chi connectivity index (χ4n) is 2.25. The Bertz CT molecular complexity index is 301. The van der Waals surface area contributed by atoms with Gasteiger partial charge >= 0.3 is 0 Å². The summed E-state index contributed by atoms with van der Waals surface area (Å²) in [5.74, 6) is 0. The van der Waals surface area contributed by atoms with Crippen LogP contribution in [0.15, 0.2) is 18.7 Å². The first-order valence-electron chi connectivity index (χ1n) is 8.04. The SMILES string of the molecule is CCCCCCCCCCOCC(O)Cn1ccnc1. The number of hydrogen-bond donors (Lipinski definition) is 1. The van der Waals surface area contributed by atoms with Gasteiger partial charge in [-0.1, -0.05) is 51.9 Å². The number of aromatic nitrogens is 2. The third kappa shape index (κ3) is 9.10. The highest BCUT2D eigenvalue weighted by Gasteiger charge is 2.04. The number of rotatable bonds is 13. The zero-order valence-electron chi connectivity index (χ0n) is 12.8. The molecule has 20 heavy (non-hydrogen) atoms. The Morgan fingerprint density at radius 3 is 2.45 bits per heavy atom.